The zero-order valence-electron chi connectivity index (χ0n) is 16.0. The van der Waals surface area contributed by atoms with Gasteiger partial charge in [0, 0.05) is 31.3 Å². The number of amides is 1. The highest BCUT2D eigenvalue weighted by Crippen LogP contribution is 2.36. The number of alkyl halides is 3. The molecule has 6 nitrogen and oxygen atoms in total. The Kier molecular flexibility index (Phi) is 6.39. The molecule has 0 aromatic heterocycles. The molecule has 0 spiro atoms. The van der Waals surface area contributed by atoms with Crippen LogP contribution in [-0.4, -0.2) is 23.9 Å². The van der Waals surface area contributed by atoms with Crippen LogP contribution in [0.25, 0.3) is 6.08 Å². The van der Waals surface area contributed by atoms with Gasteiger partial charge in [-0.15, -0.1) is 0 Å². The van der Waals surface area contributed by atoms with Crippen molar-refractivity contribution in [2.45, 2.75) is 25.4 Å². The molecule has 1 fully saturated rings. The van der Waals surface area contributed by atoms with Gasteiger partial charge in [0.05, 0.1) is 21.9 Å². The van der Waals surface area contributed by atoms with Gasteiger partial charge in [-0.05, 0) is 49.1 Å². The minimum Gasteiger partial charge on any atom is -0.370 e. The maximum Gasteiger partial charge on any atom is 0.416 e. The van der Waals surface area contributed by atoms with Gasteiger partial charge in [-0.1, -0.05) is 12.1 Å². The van der Waals surface area contributed by atoms with E-state index in [2.05, 4.69) is 5.32 Å². The lowest BCUT2D eigenvalue weighted by molar-refractivity contribution is -0.384. The number of carbonyl (C=O) groups is 1. The van der Waals surface area contributed by atoms with Crippen molar-refractivity contribution in [3.05, 3.63) is 69.8 Å². The molecule has 158 valence electrons. The van der Waals surface area contributed by atoms with Crippen molar-refractivity contribution >= 4 is 29.0 Å². The van der Waals surface area contributed by atoms with Crippen LogP contribution >= 0.6 is 0 Å². The molecule has 1 saturated heterocycles. The van der Waals surface area contributed by atoms with Crippen LogP contribution in [0.2, 0.25) is 0 Å². The molecule has 30 heavy (non-hydrogen) atoms. The van der Waals surface area contributed by atoms with E-state index in [-0.39, 0.29) is 11.4 Å². The topological polar surface area (TPSA) is 75.5 Å². The Bertz CT molecular complexity index is 967. The van der Waals surface area contributed by atoms with Crippen molar-refractivity contribution in [1.82, 2.24) is 0 Å². The third-order valence-electron chi connectivity index (χ3n) is 4.79. The lowest BCUT2D eigenvalue weighted by Crippen LogP contribution is -2.30. The average Bonchev–Trinajstić information content (AvgIpc) is 2.72. The first-order valence-electron chi connectivity index (χ1n) is 9.44. The van der Waals surface area contributed by atoms with Crippen LogP contribution in [0.3, 0.4) is 0 Å². The van der Waals surface area contributed by atoms with E-state index in [1.165, 1.54) is 30.3 Å². The molecule has 2 aromatic carbocycles. The summed E-state index contributed by atoms with van der Waals surface area (Å²) in [5, 5.41) is 13.4. The number of non-ortho nitro benzene ring substituents is 1. The molecule has 1 heterocycles. The molecule has 1 aliphatic rings. The summed E-state index contributed by atoms with van der Waals surface area (Å²) in [6.07, 6.45) is 0.904. The van der Waals surface area contributed by atoms with E-state index in [9.17, 15) is 28.1 Å². The highest BCUT2D eigenvalue weighted by Gasteiger charge is 2.31. The number of hydrogen-bond acceptors (Lipinski definition) is 4. The van der Waals surface area contributed by atoms with Crippen molar-refractivity contribution in [3.8, 4) is 0 Å². The van der Waals surface area contributed by atoms with E-state index in [1.54, 1.807) is 6.07 Å². The van der Waals surface area contributed by atoms with Gasteiger partial charge < -0.3 is 10.2 Å². The number of nitro groups is 1. The number of hydrogen-bond donors (Lipinski definition) is 1. The van der Waals surface area contributed by atoms with Crippen LogP contribution in [0, 0.1) is 10.1 Å². The quantitative estimate of drug-likeness (QED) is 0.408. The molecule has 3 rings (SSSR count). The Morgan fingerprint density at radius 1 is 1.10 bits per heavy atom. The summed E-state index contributed by atoms with van der Waals surface area (Å²) >= 11 is 0. The number of rotatable bonds is 5. The number of halogens is 3. The SMILES string of the molecule is O=C(/C=C/c1cccc([N+](=O)[O-])c1)Nc1cc(C(F)(F)F)ccc1N1CCCCC1. The summed E-state index contributed by atoms with van der Waals surface area (Å²) in [7, 11) is 0. The van der Waals surface area contributed by atoms with Gasteiger partial charge in [0.25, 0.3) is 5.69 Å². The minimum atomic E-state index is -4.53. The van der Waals surface area contributed by atoms with Crippen LogP contribution in [0.1, 0.15) is 30.4 Å². The summed E-state index contributed by atoms with van der Waals surface area (Å²) in [4.78, 5) is 24.6. The number of piperidine rings is 1. The second kappa shape index (κ2) is 8.98. The molecule has 0 saturated carbocycles. The lowest BCUT2D eigenvalue weighted by Gasteiger charge is -2.31. The zero-order valence-corrected chi connectivity index (χ0v) is 16.0. The van der Waals surface area contributed by atoms with Crippen LogP contribution in [0.5, 0.6) is 0 Å². The van der Waals surface area contributed by atoms with Crippen molar-refractivity contribution < 1.29 is 22.9 Å². The van der Waals surface area contributed by atoms with E-state index >= 15 is 0 Å². The van der Waals surface area contributed by atoms with Crippen molar-refractivity contribution in [2.75, 3.05) is 23.3 Å². The van der Waals surface area contributed by atoms with Gasteiger partial charge >= 0.3 is 6.18 Å². The van der Waals surface area contributed by atoms with E-state index < -0.39 is 22.6 Å². The molecular formula is C21H20F3N3O3. The standard InChI is InChI=1S/C21H20F3N3O3/c22-21(23,24)16-8-9-19(26-11-2-1-3-12-26)18(14-16)25-20(28)10-7-15-5-4-6-17(13-15)27(29)30/h4-10,13-14H,1-3,11-12H2,(H,25,28)/b10-7+. The number of benzene rings is 2. The van der Waals surface area contributed by atoms with Crippen molar-refractivity contribution in [2.24, 2.45) is 0 Å². The van der Waals surface area contributed by atoms with Crippen molar-refractivity contribution in [3.63, 3.8) is 0 Å². The molecule has 2 aromatic rings. The summed E-state index contributed by atoms with van der Waals surface area (Å²) in [6, 6.07) is 9.02. The molecule has 1 N–H and O–H groups in total. The van der Waals surface area contributed by atoms with Crippen LogP contribution in [0.4, 0.5) is 30.2 Å². The first kappa shape index (κ1) is 21.4. The average molecular weight is 419 g/mol. The van der Waals surface area contributed by atoms with Gasteiger partial charge in [0.1, 0.15) is 0 Å². The Morgan fingerprint density at radius 2 is 1.83 bits per heavy atom. The second-order valence-corrected chi connectivity index (χ2v) is 6.95. The summed E-state index contributed by atoms with van der Waals surface area (Å²) in [5.74, 6) is -0.626. The zero-order chi connectivity index (χ0) is 21.7. The molecule has 1 aliphatic heterocycles. The largest absolute Gasteiger partial charge is 0.416 e. The highest BCUT2D eigenvalue weighted by molar-refractivity contribution is 6.04. The first-order valence-corrected chi connectivity index (χ1v) is 9.44. The normalized spacial score (nSPS) is 14.7. The van der Waals surface area contributed by atoms with Crippen molar-refractivity contribution in [1.29, 1.82) is 0 Å². The molecule has 0 aliphatic carbocycles. The van der Waals surface area contributed by atoms with E-state index in [1.807, 2.05) is 4.90 Å². The highest BCUT2D eigenvalue weighted by atomic mass is 19.4. The van der Waals surface area contributed by atoms with Gasteiger partial charge in [-0.2, -0.15) is 13.2 Å². The number of nitrogens with zero attached hydrogens (tertiary/aromatic N) is 2. The number of carbonyl (C=O) groups excluding carboxylic acids is 1. The Balaban J connectivity index is 1.83. The summed E-state index contributed by atoms with van der Waals surface area (Å²) in [5.41, 5.74) is 0.0870. The Morgan fingerprint density at radius 3 is 2.50 bits per heavy atom. The minimum absolute atomic E-state index is 0.0837. The number of anilines is 2. The summed E-state index contributed by atoms with van der Waals surface area (Å²) in [6.45, 7) is 1.41. The fourth-order valence-electron chi connectivity index (χ4n) is 3.31. The third-order valence-corrected chi connectivity index (χ3v) is 4.79. The molecule has 0 unspecified atom stereocenters. The number of nitrogens with one attached hydrogen (secondary N) is 1. The molecule has 1 amide bonds. The molecular weight excluding hydrogens is 399 g/mol. The van der Waals surface area contributed by atoms with Crippen LogP contribution in [-0.2, 0) is 11.0 Å². The van der Waals surface area contributed by atoms with Gasteiger partial charge in [0.15, 0.2) is 0 Å². The first-order chi connectivity index (χ1) is 14.2. The summed E-state index contributed by atoms with van der Waals surface area (Å²) < 4.78 is 39.5. The van der Waals surface area contributed by atoms with Gasteiger partial charge in [-0.25, -0.2) is 0 Å². The maximum atomic E-state index is 13.2. The van der Waals surface area contributed by atoms with Crippen LogP contribution < -0.4 is 10.2 Å². The Hall–Kier alpha value is -3.36. The van der Waals surface area contributed by atoms with E-state index in [0.717, 1.165) is 37.5 Å². The predicted molar refractivity (Wildman–Crippen MR) is 108 cm³/mol. The van der Waals surface area contributed by atoms with E-state index in [0.29, 0.717) is 24.3 Å². The molecule has 9 heteroatoms. The fourth-order valence-corrected chi connectivity index (χ4v) is 3.31. The molecule has 0 bridgehead atoms. The maximum absolute atomic E-state index is 13.2. The molecule has 0 atom stereocenters. The smallest absolute Gasteiger partial charge is 0.370 e. The fraction of sp³-hybridized carbons (Fsp3) is 0.286. The number of nitro benzene ring substituents is 1. The predicted octanol–water partition coefficient (Wildman–Crippen LogP) is 5.26. The second-order valence-electron chi connectivity index (χ2n) is 6.95. The van der Waals surface area contributed by atoms with Gasteiger partial charge in [-0.3, -0.25) is 14.9 Å². The lowest BCUT2D eigenvalue weighted by atomic mass is 10.1. The van der Waals surface area contributed by atoms with E-state index in [4.69, 9.17) is 0 Å². The van der Waals surface area contributed by atoms with Crippen LogP contribution in [0.15, 0.2) is 48.5 Å². The molecule has 0 radical (unpaired) electrons. The van der Waals surface area contributed by atoms with Gasteiger partial charge in [0.2, 0.25) is 5.91 Å². The third kappa shape index (κ3) is 5.37. The monoisotopic (exact) mass is 419 g/mol. The Labute approximate surface area is 171 Å².